The van der Waals surface area contributed by atoms with E-state index in [4.69, 9.17) is 0 Å². The van der Waals surface area contributed by atoms with Crippen LogP contribution in [0.15, 0.2) is 46.9 Å². The summed E-state index contributed by atoms with van der Waals surface area (Å²) in [5.74, 6) is -0.955. The highest BCUT2D eigenvalue weighted by Gasteiger charge is 2.29. The first-order valence-corrected chi connectivity index (χ1v) is 7.99. The first kappa shape index (κ1) is 15.7. The van der Waals surface area contributed by atoms with Crippen molar-refractivity contribution in [1.29, 1.82) is 0 Å². The standard InChI is InChI=1S/C17H14BrFN2O2/c18-11-3-8-14(15(19)9-11)17(23)21-13-6-4-12(5-7-13)20-16(22)10-1-2-10/h3-10H,1-2H2,(H,20,22)(H,21,23). The highest BCUT2D eigenvalue weighted by molar-refractivity contribution is 9.10. The molecule has 1 aliphatic carbocycles. The predicted octanol–water partition coefficient (Wildman–Crippen LogP) is 4.19. The van der Waals surface area contributed by atoms with Crippen molar-refractivity contribution in [2.24, 2.45) is 5.92 Å². The molecular weight excluding hydrogens is 363 g/mol. The Kier molecular flexibility index (Phi) is 4.43. The van der Waals surface area contributed by atoms with Crippen molar-refractivity contribution in [3.05, 3.63) is 58.3 Å². The Bertz CT molecular complexity index is 758. The number of nitrogens with one attached hydrogen (secondary N) is 2. The minimum absolute atomic E-state index is 0.0266. The van der Waals surface area contributed by atoms with Crippen molar-refractivity contribution in [2.45, 2.75) is 12.8 Å². The van der Waals surface area contributed by atoms with Gasteiger partial charge in [-0.15, -0.1) is 0 Å². The molecule has 23 heavy (non-hydrogen) atoms. The van der Waals surface area contributed by atoms with Gasteiger partial charge in [-0.1, -0.05) is 15.9 Å². The largest absolute Gasteiger partial charge is 0.326 e. The van der Waals surface area contributed by atoms with E-state index in [1.54, 1.807) is 30.3 Å². The molecule has 3 rings (SSSR count). The minimum atomic E-state index is -0.592. The number of carbonyl (C=O) groups is 2. The Hall–Kier alpha value is -2.21. The SMILES string of the molecule is O=C(Nc1ccc(NC(=O)C2CC2)cc1)c1ccc(Br)cc1F. The van der Waals surface area contributed by atoms with Crippen molar-refractivity contribution in [3.8, 4) is 0 Å². The second kappa shape index (κ2) is 6.50. The first-order valence-electron chi connectivity index (χ1n) is 7.20. The number of rotatable bonds is 4. The lowest BCUT2D eigenvalue weighted by molar-refractivity contribution is -0.117. The van der Waals surface area contributed by atoms with Crippen LogP contribution in [0.25, 0.3) is 0 Å². The van der Waals surface area contributed by atoms with E-state index in [9.17, 15) is 14.0 Å². The molecule has 4 nitrogen and oxygen atoms in total. The summed E-state index contributed by atoms with van der Waals surface area (Å²) in [6.07, 6.45) is 1.89. The fourth-order valence-corrected chi connectivity index (χ4v) is 2.43. The summed E-state index contributed by atoms with van der Waals surface area (Å²) in [6, 6.07) is 11.0. The van der Waals surface area contributed by atoms with Crippen LogP contribution < -0.4 is 10.6 Å². The number of hydrogen-bond acceptors (Lipinski definition) is 2. The number of amides is 2. The summed E-state index contributed by atoms with van der Waals surface area (Å²) in [6.45, 7) is 0. The summed E-state index contributed by atoms with van der Waals surface area (Å²) >= 11 is 3.15. The quantitative estimate of drug-likeness (QED) is 0.840. The number of hydrogen-bond donors (Lipinski definition) is 2. The Morgan fingerprint density at radius 1 is 1.00 bits per heavy atom. The third-order valence-corrected chi connectivity index (χ3v) is 4.03. The van der Waals surface area contributed by atoms with Crippen molar-refractivity contribution >= 4 is 39.1 Å². The monoisotopic (exact) mass is 376 g/mol. The molecule has 2 N–H and O–H groups in total. The third kappa shape index (κ3) is 3.96. The summed E-state index contributed by atoms with van der Waals surface area (Å²) in [4.78, 5) is 23.7. The molecule has 2 amide bonds. The van der Waals surface area contributed by atoms with Crippen LogP contribution in [0.1, 0.15) is 23.2 Å². The van der Waals surface area contributed by atoms with E-state index in [0.717, 1.165) is 12.8 Å². The molecule has 1 saturated carbocycles. The highest BCUT2D eigenvalue weighted by Crippen LogP contribution is 2.30. The average molecular weight is 377 g/mol. The first-order chi connectivity index (χ1) is 11.0. The van der Waals surface area contributed by atoms with Crippen LogP contribution in [-0.2, 0) is 4.79 Å². The Morgan fingerprint density at radius 2 is 1.61 bits per heavy atom. The summed E-state index contributed by atoms with van der Waals surface area (Å²) < 4.78 is 14.3. The van der Waals surface area contributed by atoms with Gasteiger partial charge in [0.1, 0.15) is 5.82 Å². The molecule has 0 atom stereocenters. The molecule has 0 aliphatic heterocycles. The molecule has 2 aromatic rings. The smallest absolute Gasteiger partial charge is 0.258 e. The van der Waals surface area contributed by atoms with Crippen molar-refractivity contribution < 1.29 is 14.0 Å². The van der Waals surface area contributed by atoms with Gasteiger partial charge in [-0.25, -0.2) is 4.39 Å². The van der Waals surface area contributed by atoms with E-state index in [2.05, 4.69) is 26.6 Å². The lowest BCUT2D eigenvalue weighted by Gasteiger charge is -2.08. The second-order valence-electron chi connectivity index (χ2n) is 5.42. The molecule has 2 aromatic carbocycles. The number of anilines is 2. The van der Waals surface area contributed by atoms with Crippen molar-refractivity contribution in [2.75, 3.05) is 10.6 Å². The molecule has 6 heteroatoms. The number of halogens is 2. The van der Waals surface area contributed by atoms with E-state index >= 15 is 0 Å². The fourth-order valence-electron chi connectivity index (χ4n) is 2.10. The summed E-state index contributed by atoms with van der Waals surface area (Å²) in [5.41, 5.74) is 1.18. The lowest BCUT2D eigenvalue weighted by Crippen LogP contribution is -2.14. The van der Waals surface area contributed by atoms with Gasteiger partial charge in [-0.2, -0.15) is 0 Å². The van der Waals surface area contributed by atoms with Crippen molar-refractivity contribution in [1.82, 2.24) is 0 Å². The zero-order valence-electron chi connectivity index (χ0n) is 12.1. The van der Waals surface area contributed by atoms with Gasteiger partial charge in [0.15, 0.2) is 0 Å². The van der Waals surface area contributed by atoms with Gasteiger partial charge in [0.2, 0.25) is 5.91 Å². The minimum Gasteiger partial charge on any atom is -0.326 e. The van der Waals surface area contributed by atoms with Gasteiger partial charge >= 0.3 is 0 Å². The number of carbonyl (C=O) groups excluding carboxylic acids is 2. The maximum absolute atomic E-state index is 13.8. The summed E-state index contributed by atoms with van der Waals surface area (Å²) in [7, 11) is 0. The van der Waals surface area contributed by atoms with Crippen LogP contribution in [0, 0.1) is 11.7 Å². The molecule has 118 valence electrons. The third-order valence-electron chi connectivity index (χ3n) is 3.53. The normalized spacial score (nSPS) is 13.5. The molecule has 0 spiro atoms. The van der Waals surface area contributed by atoms with Crippen molar-refractivity contribution in [3.63, 3.8) is 0 Å². The van der Waals surface area contributed by atoms with Gasteiger partial charge in [-0.3, -0.25) is 9.59 Å². The van der Waals surface area contributed by atoms with Gasteiger partial charge in [0.05, 0.1) is 5.56 Å². The van der Waals surface area contributed by atoms with E-state index in [0.29, 0.717) is 15.8 Å². The van der Waals surface area contributed by atoms with E-state index in [-0.39, 0.29) is 17.4 Å². The molecule has 0 unspecified atom stereocenters. The maximum Gasteiger partial charge on any atom is 0.258 e. The van der Waals surface area contributed by atoms with Gasteiger partial charge in [0, 0.05) is 21.8 Å². The fraction of sp³-hybridized carbons (Fsp3) is 0.176. The zero-order chi connectivity index (χ0) is 16.4. The molecule has 1 fully saturated rings. The van der Waals surface area contributed by atoms with Gasteiger partial charge in [-0.05, 0) is 55.3 Å². The average Bonchev–Trinajstić information content (AvgIpc) is 3.33. The second-order valence-corrected chi connectivity index (χ2v) is 6.33. The van der Waals surface area contributed by atoms with Crippen LogP contribution in [-0.4, -0.2) is 11.8 Å². The maximum atomic E-state index is 13.8. The molecule has 0 aromatic heterocycles. The Labute approximate surface area is 141 Å². The molecular formula is C17H14BrFN2O2. The molecule has 0 bridgehead atoms. The summed E-state index contributed by atoms with van der Waals surface area (Å²) in [5, 5.41) is 5.44. The topological polar surface area (TPSA) is 58.2 Å². The Balaban J connectivity index is 1.65. The van der Waals surface area contributed by atoms with Crippen LogP contribution in [0.5, 0.6) is 0 Å². The zero-order valence-corrected chi connectivity index (χ0v) is 13.7. The molecule has 0 heterocycles. The van der Waals surface area contributed by atoms with Crippen LogP contribution >= 0.6 is 15.9 Å². The highest BCUT2D eigenvalue weighted by atomic mass is 79.9. The van der Waals surface area contributed by atoms with E-state index in [1.165, 1.54) is 12.1 Å². The Morgan fingerprint density at radius 3 is 2.17 bits per heavy atom. The molecule has 0 saturated heterocycles. The number of benzene rings is 2. The van der Waals surface area contributed by atoms with E-state index in [1.807, 2.05) is 0 Å². The predicted molar refractivity (Wildman–Crippen MR) is 89.8 cm³/mol. The lowest BCUT2D eigenvalue weighted by atomic mass is 10.2. The van der Waals surface area contributed by atoms with Gasteiger partial charge in [0.25, 0.3) is 5.91 Å². The molecule has 0 radical (unpaired) electrons. The van der Waals surface area contributed by atoms with Crippen LogP contribution in [0.3, 0.4) is 0 Å². The molecule has 1 aliphatic rings. The van der Waals surface area contributed by atoms with Crippen LogP contribution in [0.4, 0.5) is 15.8 Å². The van der Waals surface area contributed by atoms with Gasteiger partial charge < -0.3 is 10.6 Å². The van der Waals surface area contributed by atoms with E-state index < -0.39 is 11.7 Å². The van der Waals surface area contributed by atoms with Crippen LogP contribution in [0.2, 0.25) is 0 Å².